The lowest BCUT2D eigenvalue weighted by atomic mass is 9.97. The fourth-order valence-electron chi connectivity index (χ4n) is 5.43. The largest absolute Gasteiger partial charge is 0.466 e. The highest BCUT2D eigenvalue weighted by molar-refractivity contribution is 7.91. The molecule has 8 nitrogen and oxygen atoms in total. The lowest BCUT2D eigenvalue weighted by Crippen LogP contribution is -2.43. The van der Waals surface area contributed by atoms with E-state index in [9.17, 15) is 22.8 Å². The molecule has 1 saturated heterocycles. The van der Waals surface area contributed by atoms with Crippen molar-refractivity contribution in [2.75, 3.05) is 24.6 Å². The number of anilines is 1. The Morgan fingerprint density at radius 3 is 2.55 bits per heavy atom. The molecule has 40 heavy (non-hydrogen) atoms. The molecule has 0 radical (unpaired) electrons. The summed E-state index contributed by atoms with van der Waals surface area (Å²) in [4.78, 5) is 42.9. The van der Waals surface area contributed by atoms with E-state index in [1.54, 1.807) is 24.0 Å². The van der Waals surface area contributed by atoms with Crippen molar-refractivity contribution in [3.8, 4) is 0 Å². The van der Waals surface area contributed by atoms with Crippen molar-refractivity contribution in [2.45, 2.75) is 49.9 Å². The number of fused-ring (bicyclic) bond motifs is 2. The molecule has 1 fully saturated rings. The second-order valence-electron chi connectivity index (χ2n) is 10.3. The maximum atomic E-state index is 14.0. The number of esters is 1. The van der Waals surface area contributed by atoms with E-state index >= 15 is 0 Å². The minimum atomic E-state index is -4.06. The van der Waals surface area contributed by atoms with Gasteiger partial charge in [-0.3, -0.25) is 14.4 Å². The molecule has 9 heteroatoms. The van der Waals surface area contributed by atoms with Gasteiger partial charge in [0.25, 0.3) is 11.8 Å². The lowest BCUT2D eigenvalue weighted by Gasteiger charge is -2.32. The van der Waals surface area contributed by atoms with Crippen molar-refractivity contribution in [2.24, 2.45) is 5.92 Å². The normalized spacial score (nSPS) is 18.0. The topological polar surface area (TPSA) is 101 Å². The highest BCUT2D eigenvalue weighted by atomic mass is 32.2. The quantitative estimate of drug-likeness (QED) is 0.419. The van der Waals surface area contributed by atoms with Gasteiger partial charge in [0.15, 0.2) is 0 Å². The van der Waals surface area contributed by atoms with Crippen molar-refractivity contribution < 1.29 is 27.5 Å². The molecular formula is C31H32N2O6S. The summed E-state index contributed by atoms with van der Waals surface area (Å²) in [5, 5.41) is 0. The zero-order valence-corrected chi connectivity index (χ0v) is 23.7. The van der Waals surface area contributed by atoms with Crippen molar-refractivity contribution >= 4 is 33.3 Å². The Labute approximate surface area is 234 Å². The number of aryl methyl sites for hydroxylation is 2. The number of amides is 2. The Bertz CT molecular complexity index is 1610. The minimum Gasteiger partial charge on any atom is -0.466 e. The van der Waals surface area contributed by atoms with Gasteiger partial charge < -0.3 is 14.5 Å². The molecule has 2 amide bonds. The number of sulfone groups is 1. The van der Waals surface area contributed by atoms with Crippen LogP contribution in [0.3, 0.4) is 0 Å². The van der Waals surface area contributed by atoms with E-state index in [1.807, 2.05) is 32.0 Å². The van der Waals surface area contributed by atoms with Crippen molar-refractivity contribution in [3.63, 3.8) is 0 Å². The van der Waals surface area contributed by atoms with E-state index in [4.69, 9.17) is 4.74 Å². The molecule has 0 saturated carbocycles. The highest BCUT2D eigenvalue weighted by Gasteiger charge is 2.37. The summed E-state index contributed by atoms with van der Waals surface area (Å²) < 4.78 is 32.8. The van der Waals surface area contributed by atoms with Gasteiger partial charge in [-0.1, -0.05) is 35.9 Å². The Kier molecular flexibility index (Phi) is 7.51. The monoisotopic (exact) mass is 560 g/mol. The van der Waals surface area contributed by atoms with Gasteiger partial charge in [-0.05, 0) is 75.1 Å². The van der Waals surface area contributed by atoms with E-state index in [-0.39, 0.29) is 58.2 Å². The van der Waals surface area contributed by atoms with E-state index < -0.39 is 21.7 Å². The average Bonchev–Trinajstić information content (AvgIpc) is 3.02. The fraction of sp³-hybridized carbons (Fsp3) is 0.323. The van der Waals surface area contributed by atoms with E-state index in [0.717, 1.165) is 16.7 Å². The molecule has 208 valence electrons. The lowest BCUT2D eigenvalue weighted by molar-refractivity contribution is -0.149. The summed E-state index contributed by atoms with van der Waals surface area (Å²) >= 11 is 0. The van der Waals surface area contributed by atoms with Gasteiger partial charge in [0.05, 0.1) is 40.1 Å². The minimum absolute atomic E-state index is 0.0318. The molecule has 0 spiro atoms. The third kappa shape index (κ3) is 5.01. The predicted molar refractivity (Wildman–Crippen MR) is 150 cm³/mol. The number of rotatable bonds is 5. The SMILES string of the molecule is CCOC(=O)[C@@H]1CCCN(C(=O)c2ccc3c(c2)N(Cc2cc(C)ccc2C)C(=O)c2ccccc2S3(=O)=O)C1. The van der Waals surface area contributed by atoms with Crippen molar-refractivity contribution in [3.05, 3.63) is 88.5 Å². The zero-order valence-electron chi connectivity index (χ0n) is 22.8. The van der Waals surface area contributed by atoms with Gasteiger partial charge in [-0.2, -0.15) is 0 Å². The Hall–Kier alpha value is -3.98. The van der Waals surface area contributed by atoms with E-state index in [1.165, 1.54) is 35.2 Å². The van der Waals surface area contributed by atoms with Crippen molar-refractivity contribution in [1.82, 2.24) is 4.90 Å². The van der Waals surface area contributed by atoms with Gasteiger partial charge >= 0.3 is 5.97 Å². The molecule has 0 aromatic heterocycles. The zero-order chi connectivity index (χ0) is 28.6. The van der Waals surface area contributed by atoms with Gasteiger partial charge in [0.1, 0.15) is 0 Å². The summed E-state index contributed by atoms with van der Waals surface area (Å²) in [7, 11) is -4.06. The van der Waals surface area contributed by atoms with Crippen LogP contribution < -0.4 is 4.90 Å². The summed E-state index contributed by atoms with van der Waals surface area (Å²) in [5.41, 5.74) is 3.36. The molecule has 2 heterocycles. The molecule has 0 aliphatic carbocycles. The Balaban J connectivity index is 1.60. The van der Waals surface area contributed by atoms with Crippen LogP contribution in [0, 0.1) is 19.8 Å². The number of benzene rings is 3. The van der Waals surface area contributed by atoms with Gasteiger partial charge in [0, 0.05) is 18.7 Å². The maximum Gasteiger partial charge on any atom is 0.310 e. The van der Waals surface area contributed by atoms with Crippen LogP contribution in [0.25, 0.3) is 0 Å². The first-order chi connectivity index (χ1) is 19.1. The summed E-state index contributed by atoms with van der Waals surface area (Å²) in [6, 6.07) is 16.5. The number of carbonyl (C=O) groups is 3. The maximum absolute atomic E-state index is 14.0. The molecule has 1 atom stereocenters. The van der Waals surface area contributed by atoms with Crippen LogP contribution in [0.2, 0.25) is 0 Å². The highest BCUT2D eigenvalue weighted by Crippen LogP contribution is 2.39. The molecule has 0 N–H and O–H groups in total. The summed E-state index contributed by atoms with van der Waals surface area (Å²) in [6.45, 7) is 6.75. The molecule has 2 aliphatic rings. The molecule has 3 aromatic carbocycles. The standard InChI is InChI=1S/C31H32N2O6S/c1-4-39-31(36)23-8-7-15-32(18-23)29(34)22-13-14-28-26(17-22)33(19-24-16-20(2)11-12-21(24)3)30(35)25-9-5-6-10-27(25)40(28,37)38/h5-6,9-14,16-17,23H,4,7-8,15,18-19H2,1-3H3/t23-/m1/s1. The predicted octanol–water partition coefficient (Wildman–Crippen LogP) is 4.71. The number of piperidine rings is 1. The third-order valence-corrected chi connectivity index (χ3v) is 9.46. The molecule has 0 bridgehead atoms. The van der Waals surface area contributed by atoms with Gasteiger partial charge in [-0.25, -0.2) is 8.42 Å². The third-order valence-electron chi connectivity index (χ3n) is 7.60. The van der Waals surface area contributed by atoms with Crippen LogP contribution >= 0.6 is 0 Å². The van der Waals surface area contributed by atoms with E-state index in [2.05, 4.69) is 0 Å². The fourth-order valence-corrected chi connectivity index (χ4v) is 7.07. The molecular weight excluding hydrogens is 528 g/mol. The average molecular weight is 561 g/mol. The number of likely N-dealkylation sites (tertiary alicyclic amines) is 1. The van der Waals surface area contributed by atoms with Crippen LogP contribution in [0.4, 0.5) is 5.69 Å². The van der Waals surface area contributed by atoms with Gasteiger partial charge in [0.2, 0.25) is 9.84 Å². The first-order valence-corrected chi connectivity index (χ1v) is 14.9. The second-order valence-corrected chi connectivity index (χ2v) is 12.2. The smallest absolute Gasteiger partial charge is 0.310 e. The van der Waals surface area contributed by atoms with Gasteiger partial charge in [-0.15, -0.1) is 0 Å². The molecule has 0 unspecified atom stereocenters. The van der Waals surface area contributed by atoms with Crippen LogP contribution in [-0.4, -0.2) is 50.8 Å². The number of carbonyl (C=O) groups excluding carboxylic acids is 3. The Morgan fingerprint density at radius 1 is 1.00 bits per heavy atom. The molecule has 3 aromatic rings. The van der Waals surface area contributed by atoms with Crippen LogP contribution in [0.5, 0.6) is 0 Å². The van der Waals surface area contributed by atoms with Crippen LogP contribution in [-0.2, 0) is 25.9 Å². The first kappa shape index (κ1) is 27.6. The molecule has 5 rings (SSSR count). The Morgan fingerprint density at radius 2 is 1.77 bits per heavy atom. The number of hydrogen-bond donors (Lipinski definition) is 0. The second kappa shape index (κ2) is 10.9. The van der Waals surface area contributed by atoms with Crippen LogP contribution in [0.15, 0.2) is 70.5 Å². The van der Waals surface area contributed by atoms with Crippen molar-refractivity contribution in [1.29, 1.82) is 0 Å². The summed E-state index contributed by atoms with van der Waals surface area (Å²) in [6.07, 6.45) is 1.29. The molecule has 2 aliphatic heterocycles. The number of hydrogen-bond acceptors (Lipinski definition) is 6. The number of ether oxygens (including phenoxy) is 1. The van der Waals surface area contributed by atoms with Crippen LogP contribution in [0.1, 0.15) is 57.2 Å². The van der Waals surface area contributed by atoms with E-state index in [0.29, 0.717) is 19.4 Å². The summed E-state index contributed by atoms with van der Waals surface area (Å²) in [5.74, 6) is -1.51. The first-order valence-electron chi connectivity index (χ1n) is 13.4. The number of nitrogens with zero attached hydrogens (tertiary/aromatic N) is 2.